The van der Waals surface area contributed by atoms with Crippen molar-refractivity contribution in [2.45, 2.75) is 18.9 Å². The van der Waals surface area contributed by atoms with E-state index in [1.165, 1.54) is 4.90 Å². The van der Waals surface area contributed by atoms with Crippen molar-refractivity contribution < 1.29 is 9.90 Å². The summed E-state index contributed by atoms with van der Waals surface area (Å²) in [6.07, 6.45) is 0.675. The van der Waals surface area contributed by atoms with E-state index in [2.05, 4.69) is 25.9 Å². The summed E-state index contributed by atoms with van der Waals surface area (Å²) in [5.41, 5.74) is 1.64. The van der Waals surface area contributed by atoms with E-state index in [1.807, 2.05) is 24.3 Å². The van der Waals surface area contributed by atoms with Crippen molar-refractivity contribution >= 4 is 33.6 Å². The topological polar surface area (TPSA) is 69.2 Å². The molecule has 2 aromatic rings. The summed E-state index contributed by atoms with van der Waals surface area (Å²) in [7, 11) is 0. The maximum Gasteiger partial charge on any atom is 0.407 e. The van der Waals surface area contributed by atoms with E-state index >= 15 is 0 Å². The summed E-state index contributed by atoms with van der Waals surface area (Å²) in [6.45, 7) is 0.534. The number of nitrogens with one attached hydrogen (secondary N) is 1. The lowest BCUT2D eigenvalue weighted by atomic mass is 10.2. The molecule has 0 spiro atoms. The van der Waals surface area contributed by atoms with Crippen molar-refractivity contribution in [1.29, 1.82) is 0 Å². The molecule has 0 saturated carbocycles. The fourth-order valence-corrected chi connectivity index (χ4v) is 3.13. The zero-order chi connectivity index (χ0) is 15.0. The van der Waals surface area contributed by atoms with Crippen LogP contribution < -0.4 is 0 Å². The number of amides is 1. The van der Waals surface area contributed by atoms with Crippen LogP contribution in [-0.4, -0.2) is 32.6 Å². The van der Waals surface area contributed by atoms with Crippen molar-refractivity contribution in [2.24, 2.45) is 0 Å². The number of carbonyl (C=O) groups is 1. The molecular weight excluding hydrogens is 358 g/mol. The fourth-order valence-electron chi connectivity index (χ4n) is 2.61. The Morgan fingerprint density at radius 2 is 2.14 bits per heavy atom. The maximum absolute atomic E-state index is 11.2. The number of imidazole rings is 1. The number of aromatic nitrogens is 2. The first-order chi connectivity index (χ1) is 10.1. The molecule has 0 radical (unpaired) electrons. The van der Waals surface area contributed by atoms with Gasteiger partial charge in [-0.25, -0.2) is 9.78 Å². The van der Waals surface area contributed by atoms with Crippen LogP contribution in [0, 0.1) is 0 Å². The molecule has 110 valence electrons. The number of hydrogen-bond acceptors (Lipinski definition) is 2. The van der Waals surface area contributed by atoms with Crippen molar-refractivity contribution in [3.8, 4) is 11.3 Å². The number of likely N-dealkylation sites (tertiary alicyclic amines) is 1. The molecule has 2 heterocycles. The molecule has 1 aromatic carbocycles. The van der Waals surface area contributed by atoms with Gasteiger partial charge in [-0.1, -0.05) is 39.7 Å². The highest BCUT2D eigenvalue weighted by Gasteiger charge is 2.32. The van der Waals surface area contributed by atoms with Gasteiger partial charge in [-0.05, 0) is 25.0 Å². The number of rotatable bonds is 2. The number of hydrogen-bond donors (Lipinski definition) is 2. The minimum absolute atomic E-state index is 0.246. The van der Waals surface area contributed by atoms with Gasteiger partial charge in [-0.2, -0.15) is 0 Å². The Bertz CT molecular complexity index is 671. The smallest absolute Gasteiger partial charge is 0.407 e. The second kappa shape index (κ2) is 5.69. The molecule has 1 aromatic heterocycles. The predicted octanol–water partition coefficient (Wildman–Crippen LogP) is 4.31. The van der Waals surface area contributed by atoms with Gasteiger partial charge >= 0.3 is 6.09 Å². The van der Waals surface area contributed by atoms with Crippen LogP contribution in [0.5, 0.6) is 0 Å². The number of carboxylic acid groups (broad SMARTS) is 1. The van der Waals surface area contributed by atoms with Crippen LogP contribution in [0.4, 0.5) is 4.79 Å². The Labute approximate surface area is 135 Å². The summed E-state index contributed by atoms with van der Waals surface area (Å²) >= 11 is 9.59. The van der Waals surface area contributed by atoms with Crippen LogP contribution in [0.15, 0.2) is 28.7 Å². The van der Waals surface area contributed by atoms with Gasteiger partial charge in [0, 0.05) is 16.6 Å². The number of aromatic amines is 1. The van der Waals surface area contributed by atoms with Gasteiger partial charge in [0.1, 0.15) is 5.82 Å². The fraction of sp³-hybridized carbons (Fsp3) is 0.286. The van der Waals surface area contributed by atoms with E-state index in [9.17, 15) is 9.90 Å². The first-order valence-electron chi connectivity index (χ1n) is 6.57. The third-order valence-electron chi connectivity index (χ3n) is 3.63. The van der Waals surface area contributed by atoms with E-state index < -0.39 is 6.09 Å². The standard InChI is InChI=1S/C14H13BrClN3O2/c15-9-5-3-8(4-6-9)11-12(16)18-13(17-11)10-2-1-7-19(10)14(20)21/h3-6,10H,1-2,7H2,(H,17,18)(H,20,21). The Hall–Kier alpha value is -1.53. The number of halogens is 2. The molecule has 1 saturated heterocycles. The van der Waals surface area contributed by atoms with Crippen molar-refractivity contribution in [3.05, 3.63) is 39.7 Å². The van der Waals surface area contributed by atoms with E-state index in [0.29, 0.717) is 17.5 Å². The van der Waals surface area contributed by atoms with Gasteiger partial charge in [0.15, 0.2) is 5.15 Å². The Balaban J connectivity index is 1.94. The highest BCUT2D eigenvalue weighted by atomic mass is 79.9. The second-order valence-electron chi connectivity index (χ2n) is 4.93. The van der Waals surface area contributed by atoms with E-state index in [4.69, 9.17) is 11.6 Å². The third kappa shape index (κ3) is 2.78. The zero-order valence-electron chi connectivity index (χ0n) is 11.0. The number of nitrogens with zero attached hydrogens (tertiary/aromatic N) is 2. The first-order valence-corrected chi connectivity index (χ1v) is 7.74. The summed E-state index contributed by atoms with van der Waals surface area (Å²) in [5.74, 6) is 0.609. The number of benzene rings is 1. The zero-order valence-corrected chi connectivity index (χ0v) is 13.4. The highest BCUT2D eigenvalue weighted by molar-refractivity contribution is 9.10. The second-order valence-corrected chi connectivity index (χ2v) is 6.20. The summed E-state index contributed by atoms with van der Waals surface area (Å²) in [5, 5.41) is 9.58. The molecule has 1 aliphatic rings. The molecule has 0 bridgehead atoms. The quantitative estimate of drug-likeness (QED) is 0.827. The summed E-state index contributed by atoms with van der Waals surface area (Å²) in [4.78, 5) is 20.1. The average molecular weight is 371 g/mol. The lowest BCUT2D eigenvalue weighted by molar-refractivity contribution is 0.139. The Morgan fingerprint density at radius 3 is 2.81 bits per heavy atom. The molecule has 21 heavy (non-hydrogen) atoms. The minimum atomic E-state index is -0.921. The molecule has 3 rings (SSSR count). The SMILES string of the molecule is O=C(O)N1CCCC1c1nc(Cl)c(-c2ccc(Br)cc2)[nH]1. The van der Waals surface area contributed by atoms with Crippen LogP contribution in [0.1, 0.15) is 24.7 Å². The van der Waals surface area contributed by atoms with Crippen LogP contribution in [-0.2, 0) is 0 Å². The van der Waals surface area contributed by atoms with Gasteiger partial charge in [-0.3, -0.25) is 4.90 Å². The largest absolute Gasteiger partial charge is 0.465 e. The number of H-pyrrole nitrogens is 1. The van der Waals surface area contributed by atoms with Gasteiger partial charge in [0.2, 0.25) is 0 Å². The molecular formula is C14H13BrClN3O2. The molecule has 0 aliphatic carbocycles. The maximum atomic E-state index is 11.2. The van der Waals surface area contributed by atoms with Gasteiger partial charge in [0.05, 0.1) is 11.7 Å². The molecule has 1 unspecified atom stereocenters. The predicted molar refractivity (Wildman–Crippen MR) is 83.4 cm³/mol. The summed E-state index contributed by atoms with van der Waals surface area (Å²) in [6, 6.07) is 7.45. The van der Waals surface area contributed by atoms with Gasteiger partial charge in [-0.15, -0.1) is 0 Å². The normalized spacial score (nSPS) is 18.2. The van der Waals surface area contributed by atoms with E-state index in [1.54, 1.807) is 0 Å². The molecule has 1 fully saturated rings. The molecule has 1 atom stereocenters. The molecule has 7 heteroatoms. The van der Waals surface area contributed by atoms with Crippen LogP contribution >= 0.6 is 27.5 Å². The van der Waals surface area contributed by atoms with Gasteiger partial charge in [0.25, 0.3) is 0 Å². The Kier molecular flexibility index (Phi) is 3.91. The van der Waals surface area contributed by atoms with Crippen molar-refractivity contribution in [3.63, 3.8) is 0 Å². The van der Waals surface area contributed by atoms with Crippen LogP contribution in [0.3, 0.4) is 0 Å². The first kappa shape index (κ1) is 14.4. The van der Waals surface area contributed by atoms with Crippen LogP contribution in [0.2, 0.25) is 5.15 Å². The monoisotopic (exact) mass is 369 g/mol. The molecule has 2 N–H and O–H groups in total. The lowest BCUT2D eigenvalue weighted by Crippen LogP contribution is -2.29. The third-order valence-corrected chi connectivity index (χ3v) is 4.43. The van der Waals surface area contributed by atoms with E-state index in [-0.39, 0.29) is 6.04 Å². The molecule has 5 nitrogen and oxygen atoms in total. The summed E-state index contributed by atoms with van der Waals surface area (Å²) < 4.78 is 0.981. The van der Waals surface area contributed by atoms with Gasteiger partial charge < -0.3 is 10.1 Å². The van der Waals surface area contributed by atoms with Crippen molar-refractivity contribution in [1.82, 2.24) is 14.9 Å². The minimum Gasteiger partial charge on any atom is -0.465 e. The highest BCUT2D eigenvalue weighted by Crippen LogP contribution is 2.34. The Morgan fingerprint density at radius 1 is 1.43 bits per heavy atom. The van der Waals surface area contributed by atoms with E-state index in [0.717, 1.165) is 28.6 Å². The van der Waals surface area contributed by atoms with Crippen molar-refractivity contribution in [2.75, 3.05) is 6.54 Å². The molecule has 1 aliphatic heterocycles. The van der Waals surface area contributed by atoms with Crippen LogP contribution in [0.25, 0.3) is 11.3 Å². The average Bonchev–Trinajstić information content (AvgIpc) is 3.06. The lowest BCUT2D eigenvalue weighted by Gasteiger charge is -2.19. The molecule has 1 amide bonds.